The number of aryl methyl sites for hydroxylation is 1. The second-order valence-corrected chi connectivity index (χ2v) is 6.68. The van der Waals surface area contributed by atoms with Crippen LogP contribution in [0.25, 0.3) is 22.2 Å². The number of hydrogen-bond donors (Lipinski definition) is 1. The second kappa shape index (κ2) is 5.57. The Morgan fingerprint density at radius 1 is 1.19 bits per heavy atom. The minimum absolute atomic E-state index is 0.0162. The zero-order valence-electron chi connectivity index (χ0n) is 13.9. The molecule has 1 aliphatic heterocycles. The van der Waals surface area contributed by atoms with E-state index < -0.39 is 0 Å². The molecule has 26 heavy (non-hydrogen) atoms. The van der Waals surface area contributed by atoms with Gasteiger partial charge < -0.3 is 9.55 Å². The van der Waals surface area contributed by atoms with Crippen LogP contribution in [0.15, 0.2) is 55.0 Å². The molecule has 0 fully saturated rings. The molecular weight excluding hydrogens is 327 g/mol. The number of rotatable bonds is 2. The predicted octanol–water partition coefficient (Wildman–Crippen LogP) is 4.58. The van der Waals surface area contributed by atoms with E-state index in [1.54, 1.807) is 18.5 Å². The first-order valence-corrected chi connectivity index (χ1v) is 8.56. The van der Waals surface area contributed by atoms with Crippen LogP contribution < -0.4 is 0 Å². The fourth-order valence-electron chi connectivity index (χ4n) is 3.85. The molecule has 5 heteroatoms. The van der Waals surface area contributed by atoms with E-state index in [9.17, 15) is 4.39 Å². The molecule has 0 saturated carbocycles. The summed E-state index contributed by atoms with van der Waals surface area (Å²) in [6, 6.07) is 15.0. The molecular formula is C21H15FN4. The maximum Gasteiger partial charge on any atom is 0.129 e. The first kappa shape index (κ1) is 14.9. The van der Waals surface area contributed by atoms with Gasteiger partial charge in [0.25, 0.3) is 0 Å². The highest BCUT2D eigenvalue weighted by Crippen LogP contribution is 2.34. The molecule has 5 rings (SSSR count). The molecule has 0 spiro atoms. The number of hydrogen-bond acceptors (Lipinski definition) is 2. The molecule has 1 N–H and O–H groups in total. The van der Waals surface area contributed by atoms with E-state index in [0.29, 0.717) is 11.1 Å². The molecule has 3 heterocycles. The van der Waals surface area contributed by atoms with Gasteiger partial charge in [-0.3, -0.25) is 0 Å². The lowest BCUT2D eigenvalue weighted by Gasteiger charge is -2.15. The fourth-order valence-corrected chi connectivity index (χ4v) is 3.85. The first-order chi connectivity index (χ1) is 12.7. The molecule has 1 unspecified atom stereocenters. The van der Waals surface area contributed by atoms with Crippen molar-refractivity contribution in [2.45, 2.75) is 18.9 Å². The van der Waals surface area contributed by atoms with Gasteiger partial charge in [-0.15, -0.1) is 0 Å². The number of imidazole rings is 1. The largest absolute Gasteiger partial charge is 0.354 e. The summed E-state index contributed by atoms with van der Waals surface area (Å²) in [5, 5.41) is 10.0. The van der Waals surface area contributed by atoms with Crippen LogP contribution in [0.2, 0.25) is 0 Å². The first-order valence-electron chi connectivity index (χ1n) is 8.56. The van der Waals surface area contributed by atoms with E-state index in [1.165, 1.54) is 0 Å². The van der Waals surface area contributed by atoms with Gasteiger partial charge in [0, 0.05) is 39.6 Å². The Bertz CT molecular complexity index is 1180. The van der Waals surface area contributed by atoms with Crippen LogP contribution in [0.1, 0.15) is 29.3 Å². The Hall–Kier alpha value is -3.39. The molecule has 2 aromatic heterocycles. The van der Waals surface area contributed by atoms with E-state index in [4.69, 9.17) is 5.26 Å². The topological polar surface area (TPSA) is 57.4 Å². The molecule has 4 aromatic rings. The number of benzene rings is 2. The minimum atomic E-state index is -0.203. The van der Waals surface area contributed by atoms with Crippen molar-refractivity contribution in [3.8, 4) is 17.3 Å². The maximum absolute atomic E-state index is 14.9. The summed E-state index contributed by atoms with van der Waals surface area (Å²) in [7, 11) is 0. The van der Waals surface area contributed by atoms with Crippen molar-refractivity contribution in [1.29, 1.82) is 5.26 Å². The van der Waals surface area contributed by atoms with Gasteiger partial charge in [0.05, 0.1) is 24.0 Å². The Balaban J connectivity index is 1.54. The summed E-state index contributed by atoms with van der Waals surface area (Å²) in [5.41, 5.74) is 4.98. The summed E-state index contributed by atoms with van der Waals surface area (Å²) in [6.45, 7) is 0. The van der Waals surface area contributed by atoms with Crippen LogP contribution in [0, 0.1) is 17.1 Å². The number of fused-ring (bicyclic) bond motifs is 2. The van der Waals surface area contributed by atoms with Crippen molar-refractivity contribution >= 4 is 10.9 Å². The van der Waals surface area contributed by atoms with Gasteiger partial charge in [-0.25, -0.2) is 9.37 Å². The number of nitrogens with one attached hydrogen (secondary N) is 1. The maximum atomic E-state index is 14.9. The SMILES string of the molecule is N#Cc1ccc2cc(-c3ccc(C4CCc5cncn54)c(F)c3)[nH]c2c1. The van der Waals surface area contributed by atoms with Crippen LogP contribution in [-0.2, 0) is 6.42 Å². The lowest BCUT2D eigenvalue weighted by molar-refractivity contribution is 0.546. The molecule has 0 aliphatic carbocycles. The monoisotopic (exact) mass is 342 g/mol. The highest BCUT2D eigenvalue weighted by molar-refractivity contribution is 5.86. The number of nitriles is 1. The molecule has 1 atom stereocenters. The van der Waals surface area contributed by atoms with Crippen molar-refractivity contribution in [1.82, 2.24) is 14.5 Å². The third kappa shape index (κ3) is 2.23. The van der Waals surface area contributed by atoms with E-state index in [0.717, 1.165) is 40.7 Å². The lowest BCUT2D eigenvalue weighted by atomic mass is 10.0. The highest BCUT2D eigenvalue weighted by Gasteiger charge is 2.25. The average Bonchev–Trinajstić information content (AvgIpc) is 3.36. The summed E-state index contributed by atoms with van der Waals surface area (Å²) in [4.78, 5) is 7.45. The highest BCUT2D eigenvalue weighted by atomic mass is 19.1. The van der Waals surface area contributed by atoms with E-state index in [1.807, 2.05) is 36.5 Å². The predicted molar refractivity (Wildman–Crippen MR) is 97.1 cm³/mol. The minimum Gasteiger partial charge on any atom is -0.354 e. The van der Waals surface area contributed by atoms with Gasteiger partial charge in [-0.2, -0.15) is 5.26 Å². The summed E-state index contributed by atoms with van der Waals surface area (Å²) < 4.78 is 16.9. The second-order valence-electron chi connectivity index (χ2n) is 6.68. The van der Waals surface area contributed by atoms with Crippen LogP contribution in [0.5, 0.6) is 0 Å². The van der Waals surface area contributed by atoms with Crippen molar-refractivity contribution in [3.05, 3.63) is 77.6 Å². The zero-order valence-corrected chi connectivity index (χ0v) is 13.9. The molecule has 4 nitrogen and oxygen atoms in total. The van der Waals surface area contributed by atoms with E-state index in [-0.39, 0.29) is 11.9 Å². The normalized spacial score (nSPS) is 15.9. The molecule has 0 radical (unpaired) electrons. The van der Waals surface area contributed by atoms with Crippen molar-refractivity contribution in [2.75, 3.05) is 0 Å². The summed E-state index contributed by atoms with van der Waals surface area (Å²) in [5.74, 6) is -0.203. The van der Waals surface area contributed by atoms with E-state index in [2.05, 4.69) is 20.6 Å². The van der Waals surface area contributed by atoms with Crippen molar-refractivity contribution < 1.29 is 4.39 Å². The number of nitrogens with zero attached hydrogens (tertiary/aromatic N) is 3. The smallest absolute Gasteiger partial charge is 0.129 e. The molecule has 0 bridgehead atoms. The molecule has 2 aromatic carbocycles. The van der Waals surface area contributed by atoms with Gasteiger partial charge in [-0.05, 0) is 37.1 Å². The van der Waals surface area contributed by atoms with Crippen LogP contribution in [-0.4, -0.2) is 14.5 Å². The molecule has 0 amide bonds. The van der Waals surface area contributed by atoms with Crippen LogP contribution >= 0.6 is 0 Å². The Morgan fingerprint density at radius 2 is 2.12 bits per heavy atom. The molecule has 0 saturated heterocycles. The third-order valence-electron chi connectivity index (χ3n) is 5.18. The average molecular weight is 342 g/mol. The number of halogens is 1. The number of aromatic nitrogens is 3. The Labute approximate surface area is 149 Å². The Morgan fingerprint density at radius 3 is 2.96 bits per heavy atom. The molecule has 1 aliphatic rings. The van der Waals surface area contributed by atoms with Gasteiger partial charge in [0.2, 0.25) is 0 Å². The van der Waals surface area contributed by atoms with Gasteiger partial charge in [0.15, 0.2) is 0 Å². The number of aromatic amines is 1. The van der Waals surface area contributed by atoms with E-state index >= 15 is 0 Å². The van der Waals surface area contributed by atoms with Gasteiger partial charge in [-0.1, -0.05) is 18.2 Å². The standard InChI is InChI=1S/C21H15FN4/c22-18-8-14(20-9-15-2-1-13(10-23)7-19(15)25-20)3-5-17(18)21-6-4-16-11-24-12-26(16)21/h1-3,5,7-9,11-12,21,25H,4,6H2. The fraction of sp³-hybridized carbons (Fsp3) is 0.143. The van der Waals surface area contributed by atoms with Crippen molar-refractivity contribution in [2.24, 2.45) is 0 Å². The quantitative estimate of drug-likeness (QED) is 0.580. The third-order valence-corrected chi connectivity index (χ3v) is 5.18. The zero-order chi connectivity index (χ0) is 17.7. The van der Waals surface area contributed by atoms with Gasteiger partial charge >= 0.3 is 0 Å². The van der Waals surface area contributed by atoms with Crippen LogP contribution in [0.3, 0.4) is 0 Å². The Kier molecular flexibility index (Phi) is 3.19. The van der Waals surface area contributed by atoms with Crippen LogP contribution in [0.4, 0.5) is 4.39 Å². The number of H-pyrrole nitrogens is 1. The molecule has 126 valence electrons. The van der Waals surface area contributed by atoms with Gasteiger partial charge in [0.1, 0.15) is 5.82 Å². The summed E-state index contributed by atoms with van der Waals surface area (Å²) in [6.07, 6.45) is 5.46. The summed E-state index contributed by atoms with van der Waals surface area (Å²) >= 11 is 0. The lowest BCUT2D eigenvalue weighted by Crippen LogP contribution is -2.06. The van der Waals surface area contributed by atoms with Crippen molar-refractivity contribution in [3.63, 3.8) is 0 Å².